The number of hydrogen-bond acceptors (Lipinski definition) is 5. The molecule has 1 rings (SSSR count). The first kappa shape index (κ1) is 11.9. The topological polar surface area (TPSA) is 102 Å². The second-order valence-electron chi connectivity index (χ2n) is 4.18. The third-order valence-electron chi connectivity index (χ3n) is 2.73. The molecule has 0 aromatic heterocycles. The smallest absolute Gasteiger partial charge is 0.109 e. The maximum absolute atomic E-state index is 9.66. The van der Waals surface area contributed by atoms with E-state index in [0.717, 1.165) is 0 Å². The van der Waals surface area contributed by atoms with Crippen LogP contribution < -0.4 is 11.5 Å². The van der Waals surface area contributed by atoms with E-state index in [1.807, 2.05) is 13.8 Å². The molecule has 0 amide bonds. The van der Waals surface area contributed by atoms with Crippen LogP contribution in [0.4, 0.5) is 0 Å². The zero-order chi connectivity index (χ0) is 10.9. The van der Waals surface area contributed by atoms with Gasteiger partial charge in [-0.2, -0.15) is 0 Å². The van der Waals surface area contributed by atoms with Crippen LogP contribution >= 0.6 is 0 Å². The van der Waals surface area contributed by atoms with Crippen molar-refractivity contribution in [2.24, 2.45) is 17.4 Å². The molecule has 0 radical (unpaired) electrons. The fourth-order valence-corrected chi connectivity index (χ4v) is 1.81. The number of rotatable bonds is 2. The summed E-state index contributed by atoms with van der Waals surface area (Å²) in [5, 5.41) is 19.2. The molecule has 5 nitrogen and oxygen atoms in total. The Bertz CT molecular complexity index is 187. The molecule has 0 aromatic carbocycles. The molecule has 0 spiro atoms. The molecule has 0 aliphatic carbocycles. The van der Waals surface area contributed by atoms with Crippen LogP contribution in [-0.2, 0) is 4.74 Å². The van der Waals surface area contributed by atoms with Gasteiger partial charge in [-0.15, -0.1) is 0 Å². The van der Waals surface area contributed by atoms with Gasteiger partial charge in [0, 0.05) is 6.54 Å². The van der Waals surface area contributed by atoms with Crippen molar-refractivity contribution >= 4 is 0 Å². The number of hydrogen-bond donors (Lipinski definition) is 4. The quantitative estimate of drug-likeness (QED) is 0.435. The average Bonchev–Trinajstić information content (AvgIpc) is 2.14. The summed E-state index contributed by atoms with van der Waals surface area (Å²) in [6, 6.07) is -0.548. The summed E-state index contributed by atoms with van der Waals surface area (Å²) in [5.41, 5.74) is 11.2. The lowest BCUT2D eigenvalue weighted by atomic mass is 9.88. The van der Waals surface area contributed by atoms with Crippen LogP contribution in [0.25, 0.3) is 0 Å². The maximum Gasteiger partial charge on any atom is 0.109 e. The molecular formula is C9H20N2O3. The van der Waals surface area contributed by atoms with Gasteiger partial charge in [0.2, 0.25) is 0 Å². The molecule has 5 atom stereocenters. The fraction of sp³-hybridized carbons (Fsp3) is 1.00. The first-order valence-corrected chi connectivity index (χ1v) is 4.96. The molecule has 5 heteroatoms. The third kappa shape index (κ3) is 2.07. The summed E-state index contributed by atoms with van der Waals surface area (Å²) in [5.74, 6) is 0.196. The van der Waals surface area contributed by atoms with E-state index in [2.05, 4.69) is 0 Å². The van der Waals surface area contributed by atoms with Gasteiger partial charge in [0.15, 0.2) is 0 Å². The lowest BCUT2D eigenvalue weighted by molar-refractivity contribution is -0.184. The monoisotopic (exact) mass is 204 g/mol. The standard InChI is InChI=1S/C9H20N2O3/c1-4(2)9-6(11)8(13)7(12)5(3-10)14-9/h4-9,12-13H,3,10-11H2,1-2H3/t5-,6-,7-,8-,9-/m1/s1. The molecule has 84 valence electrons. The van der Waals surface area contributed by atoms with Crippen LogP contribution in [0.2, 0.25) is 0 Å². The molecule has 1 saturated heterocycles. The summed E-state index contributed by atoms with van der Waals surface area (Å²) in [7, 11) is 0. The van der Waals surface area contributed by atoms with E-state index in [1.165, 1.54) is 0 Å². The van der Waals surface area contributed by atoms with E-state index in [9.17, 15) is 10.2 Å². The SMILES string of the molecule is CC(C)[C@H]1O[C@H](CN)[C@@H](O)[C@H](O)[C@H]1N. The normalized spacial score (nSPS) is 44.4. The maximum atomic E-state index is 9.66. The predicted octanol–water partition coefficient (Wildman–Crippen LogP) is -1.58. The largest absolute Gasteiger partial charge is 0.389 e. The van der Waals surface area contributed by atoms with Gasteiger partial charge >= 0.3 is 0 Å². The predicted molar refractivity (Wildman–Crippen MR) is 52.5 cm³/mol. The van der Waals surface area contributed by atoms with Crippen LogP contribution in [0.3, 0.4) is 0 Å². The van der Waals surface area contributed by atoms with Gasteiger partial charge in [-0.1, -0.05) is 13.8 Å². The number of aliphatic hydroxyl groups excluding tert-OH is 2. The lowest BCUT2D eigenvalue weighted by Gasteiger charge is -2.42. The van der Waals surface area contributed by atoms with Gasteiger partial charge in [-0.3, -0.25) is 0 Å². The van der Waals surface area contributed by atoms with E-state index in [0.29, 0.717) is 0 Å². The average molecular weight is 204 g/mol. The van der Waals surface area contributed by atoms with Gasteiger partial charge in [0.05, 0.1) is 18.2 Å². The fourth-order valence-electron chi connectivity index (χ4n) is 1.81. The molecule has 0 bridgehead atoms. The summed E-state index contributed by atoms with van der Waals surface area (Å²) in [6.45, 7) is 4.11. The summed E-state index contributed by atoms with van der Waals surface area (Å²) >= 11 is 0. The molecule has 1 aliphatic rings. The van der Waals surface area contributed by atoms with Crippen molar-refractivity contribution in [3.63, 3.8) is 0 Å². The van der Waals surface area contributed by atoms with Gasteiger partial charge in [-0.05, 0) is 5.92 Å². The van der Waals surface area contributed by atoms with Gasteiger partial charge in [0.1, 0.15) is 12.2 Å². The van der Waals surface area contributed by atoms with Gasteiger partial charge in [-0.25, -0.2) is 0 Å². The third-order valence-corrected chi connectivity index (χ3v) is 2.73. The zero-order valence-corrected chi connectivity index (χ0v) is 8.63. The molecule has 0 unspecified atom stereocenters. The van der Waals surface area contributed by atoms with Gasteiger partial charge < -0.3 is 26.4 Å². The van der Waals surface area contributed by atoms with Crippen molar-refractivity contribution in [2.75, 3.05) is 6.54 Å². The Kier molecular flexibility index (Phi) is 3.86. The highest BCUT2D eigenvalue weighted by Crippen LogP contribution is 2.23. The Morgan fingerprint density at radius 1 is 1.29 bits per heavy atom. The second-order valence-corrected chi connectivity index (χ2v) is 4.18. The molecule has 1 heterocycles. The Hall–Kier alpha value is -0.200. The molecule has 6 N–H and O–H groups in total. The number of ether oxygens (including phenoxy) is 1. The summed E-state index contributed by atoms with van der Waals surface area (Å²) in [4.78, 5) is 0. The molecule has 0 saturated carbocycles. The zero-order valence-electron chi connectivity index (χ0n) is 8.63. The highest BCUT2D eigenvalue weighted by atomic mass is 16.5. The van der Waals surface area contributed by atoms with E-state index >= 15 is 0 Å². The molecular weight excluding hydrogens is 184 g/mol. The first-order chi connectivity index (χ1) is 6.49. The summed E-state index contributed by atoms with van der Waals surface area (Å²) in [6.07, 6.45) is -2.70. The molecule has 0 aromatic rings. The van der Waals surface area contributed by atoms with Crippen LogP contribution in [0.5, 0.6) is 0 Å². The second kappa shape index (κ2) is 4.55. The highest BCUT2D eigenvalue weighted by molar-refractivity contribution is 4.95. The van der Waals surface area contributed by atoms with Gasteiger partial charge in [0.25, 0.3) is 0 Å². The number of nitrogens with two attached hydrogens (primary N) is 2. The molecule has 1 aliphatic heterocycles. The Labute approximate surface area is 84.0 Å². The van der Waals surface area contributed by atoms with Crippen LogP contribution in [0.15, 0.2) is 0 Å². The van der Waals surface area contributed by atoms with E-state index in [4.69, 9.17) is 16.2 Å². The van der Waals surface area contributed by atoms with Crippen LogP contribution in [0.1, 0.15) is 13.8 Å². The molecule has 14 heavy (non-hydrogen) atoms. The van der Waals surface area contributed by atoms with Crippen molar-refractivity contribution in [3.05, 3.63) is 0 Å². The Balaban J connectivity index is 2.73. The van der Waals surface area contributed by atoms with Crippen molar-refractivity contribution in [1.29, 1.82) is 0 Å². The van der Waals surface area contributed by atoms with E-state index < -0.39 is 24.4 Å². The Morgan fingerprint density at radius 2 is 1.86 bits per heavy atom. The number of aliphatic hydroxyl groups is 2. The van der Waals surface area contributed by atoms with Crippen molar-refractivity contribution < 1.29 is 14.9 Å². The highest BCUT2D eigenvalue weighted by Gasteiger charge is 2.42. The summed E-state index contributed by atoms with van der Waals surface area (Å²) < 4.78 is 5.53. The van der Waals surface area contributed by atoms with Crippen molar-refractivity contribution in [1.82, 2.24) is 0 Å². The Morgan fingerprint density at radius 3 is 2.29 bits per heavy atom. The van der Waals surface area contributed by atoms with Crippen LogP contribution in [0, 0.1) is 5.92 Å². The minimum absolute atomic E-state index is 0.189. The minimum atomic E-state index is -0.981. The lowest BCUT2D eigenvalue weighted by Crippen LogP contribution is -2.63. The van der Waals surface area contributed by atoms with E-state index in [1.54, 1.807) is 0 Å². The van der Waals surface area contributed by atoms with Crippen molar-refractivity contribution in [2.45, 2.75) is 44.3 Å². The van der Waals surface area contributed by atoms with Crippen LogP contribution in [-0.4, -0.2) is 47.2 Å². The van der Waals surface area contributed by atoms with E-state index in [-0.39, 0.29) is 18.6 Å². The van der Waals surface area contributed by atoms with Crippen molar-refractivity contribution in [3.8, 4) is 0 Å². The minimum Gasteiger partial charge on any atom is -0.389 e. The molecule has 1 fully saturated rings. The first-order valence-electron chi connectivity index (χ1n) is 4.96.